The summed E-state index contributed by atoms with van der Waals surface area (Å²) in [4.78, 5) is 15.2. The second-order valence-electron chi connectivity index (χ2n) is 6.98. The molecule has 0 unspecified atom stereocenters. The van der Waals surface area contributed by atoms with Crippen LogP contribution in [0.4, 0.5) is 0 Å². The Morgan fingerprint density at radius 2 is 1.89 bits per heavy atom. The number of furan rings is 1. The lowest BCUT2D eigenvalue weighted by Crippen LogP contribution is -2.22. The third-order valence-electron chi connectivity index (χ3n) is 5.21. The van der Waals surface area contributed by atoms with E-state index in [1.807, 2.05) is 37.3 Å². The van der Waals surface area contributed by atoms with Gasteiger partial charge in [0.2, 0.25) is 5.78 Å². The smallest absolute Gasteiger partial charge is 0.232 e. The summed E-state index contributed by atoms with van der Waals surface area (Å²) >= 11 is 0. The summed E-state index contributed by atoms with van der Waals surface area (Å²) in [5, 5.41) is 11.5. The number of carbonyl (C=O) groups is 1. The normalized spacial score (nSPS) is 14.9. The van der Waals surface area contributed by atoms with Gasteiger partial charge in [-0.25, -0.2) is 0 Å². The van der Waals surface area contributed by atoms with Crippen molar-refractivity contribution in [2.45, 2.75) is 27.3 Å². The Labute approximate surface area is 163 Å². The fourth-order valence-electron chi connectivity index (χ4n) is 3.61. The number of phenols is 1. The molecule has 0 spiro atoms. The van der Waals surface area contributed by atoms with Gasteiger partial charge in [0.25, 0.3) is 0 Å². The Balaban J connectivity index is 1.75. The van der Waals surface area contributed by atoms with Crippen molar-refractivity contribution in [3.05, 3.63) is 64.6 Å². The molecule has 0 bridgehead atoms. The van der Waals surface area contributed by atoms with E-state index in [4.69, 9.17) is 9.15 Å². The number of rotatable bonds is 5. The molecule has 5 heteroatoms. The van der Waals surface area contributed by atoms with Crippen molar-refractivity contribution >= 4 is 22.8 Å². The number of Topliss-reactive ketones (excluding diaryl/α,β-unsaturated/α-hetero) is 1. The Morgan fingerprint density at radius 1 is 1.14 bits per heavy atom. The first-order chi connectivity index (χ1) is 13.5. The summed E-state index contributed by atoms with van der Waals surface area (Å²) < 4.78 is 11.8. The first-order valence-corrected chi connectivity index (χ1v) is 9.52. The van der Waals surface area contributed by atoms with Gasteiger partial charge in [0.05, 0.1) is 11.1 Å². The van der Waals surface area contributed by atoms with E-state index < -0.39 is 0 Å². The lowest BCUT2D eigenvalue weighted by atomic mass is 9.99. The number of carbonyl (C=O) groups excluding carboxylic acids is 1. The van der Waals surface area contributed by atoms with Crippen LogP contribution < -0.4 is 4.74 Å². The Morgan fingerprint density at radius 3 is 2.61 bits per heavy atom. The van der Waals surface area contributed by atoms with Gasteiger partial charge in [0.1, 0.15) is 22.8 Å². The number of nitrogens with zero attached hydrogens (tertiary/aromatic N) is 1. The highest BCUT2D eigenvalue weighted by atomic mass is 16.5. The number of aryl methyl sites for hydroxylation is 1. The third-order valence-corrected chi connectivity index (χ3v) is 5.21. The second-order valence-corrected chi connectivity index (χ2v) is 6.98. The predicted octanol–water partition coefficient (Wildman–Crippen LogP) is 4.90. The number of ether oxygens (including phenoxy) is 1. The molecule has 1 aliphatic rings. The minimum Gasteiger partial charge on any atom is -0.507 e. The Bertz CT molecular complexity index is 1060. The first kappa shape index (κ1) is 18.3. The molecule has 0 fully saturated rings. The molecule has 0 saturated carbocycles. The van der Waals surface area contributed by atoms with Crippen LogP contribution in [0.5, 0.6) is 11.5 Å². The number of phenolic OH excluding ortho intramolecular Hbond substituents is 1. The molecule has 1 aliphatic heterocycles. The van der Waals surface area contributed by atoms with Gasteiger partial charge in [-0.15, -0.1) is 0 Å². The van der Waals surface area contributed by atoms with Crippen LogP contribution in [0, 0.1) is 6.92 Å². The second kappa shape index (κ2) is 7.17. The van der Waals surface area contributed by atoms with Crippen LogP contribution in [-0.4, -0.2) is 28.9 Å². The highest BCUT2D eigenvalue weighted by Gasteiger charge is 2.33. The number of aromatic hydroxyl groups is 1. The number of fused-ring (bicyclic) bond motifs is 2. The van der Waals surface area contributed by atoms with E-state index in [0.717, 1.165) is 24.1 Å². The fraction of sp³-hybridized carbons (Fsp3) is 0.261. The first-order valence-electron chi connectivity index (χ1n) is 9.52. The molecule has 2 heterocycles. The van der Waals surface area contributed by atoms with Crippen LogP contribution >= 0.6 is 0 Å². The number of ketones is 1. The van der Waals surface area contributed by atoms with Crippen molar-refractivity contribution in [3.63, 3.8) is 0 Å². The molecular weight excluding hydrogens is 354 g/mol. The van der Waals surface area contributed by atoms with Gasteiger partial charge in [-0.1, -0.05) is 32.0 Å². The van der Waals surface area contributed by atoms with Gasteiger partial charge in [-0.3, -0.25) is 9.69 Å². The number of hydrogen-bond acceptors (Lipinski definition) is 5. The zero-order chi connectivity index (χ0) is 19.8. The molecule has 0 atom stereocenters. The van der Waals surface area contributed by atoms with E-state index in [2.05, 4.69) is 18.7 Å². The van der Waals surface area contributed by atoms with E-state index >= 15 is 0 Å². The molecule has 3 aromatic rings. The lowest BCUT2D eigenvalue weighted by Gasteiger charge is -2.20. The summed E-state index contributed by atoms with van der Waals surface area (Å²) in [6.07, 6.45) is 1.63. The SMILES string of the molecule is CCN(CC)Cc1c(O)cc(C)c2c1O/C(=C/c1cc3ccccc3o1)C2=O. The van der Waals surface area contributed by atoms with Crippen LogP contribution in [0.1, 0.15) is 41.1 Å². The number of para-hydroxylation sites is 1. The van der Waals surface area contributed by atoms with E-state index in [9.17, 15) is 9.90 Å². The Hall–Kier alpha value is -3.05. The molecule has 5 nitrogen and oxygen atoms in total. The average molecular weight is 377 g/mol. The van der Waals surface area contributed by atoms with Gasteiger partial charge in [-0.2, -0.15) is 0 Å². The van der Waals surface area contributed by atoms with Gasteiger partial charge >= 0.3 is 0 Å². The van der Waals surface area contributed by atoms with Gasteiger partial charge < -0.3 is 14.3 Å². The monoisotopic (exact) mass is 377 g/mol. The predicted molar refractivity (Wildman–Crippen MR) is 109 cm³/mol. The maximum atomic E-state index is 13.0. The maximum absolute atomic E-state index is 13.0. The van der Waals surface area contributed by atoms with Crippen molar-refractivity contribution in [2.24, 2.45) is 0 Å². The molecule has 1 aromatic heterocycles. The zero-order valence-electron chi connectivity index (χ0n) is 16.3. The molecule has 1 N–H and O–H groups in total. The van der Waals surface area contributed by atoms with E-state index in [1.165, 1.54) is 0 Å². The van der Waals surface area contributed by atoms with Gasteiger partial charge in [-0.05, 0) is 43.8 Å². The average Bonchev–Trinajstić information content (AvgIpc) is 3.23. The summed E-state index contributed by atoms with van der Waals surface area (Å²) in [6.45, 7) is 8.14. The molecule has 144 valence electrons. The van der Waals surface area contributed by atoms with E-state index in [-0.39, 0.29) is 17.3 Å². The number of allylic oxidation sites excluding steroid dienone is 1. The standard InChI is InChI=1S/C23H23NO4/c1-4-24(5-2)13-17-18(25)10-14(3)21-22(26)20(28-23(17)21)12-16-11-15-8-6-7-9-19(15)27-16/h6-12,25H,4-5,13H2,1-3H3/b20-12+. The fourth-order valence-corrected chi connectivity index (χ4v) is 3.61. The topological polar surface area (TPSA) is 62.9 Å². The van der Waals surface area contributed by atoms with Crippen LogP contribution in [0.15, 0.2) is 46.6 Å². The van der Waals surface area contributed by atoms with Crippen molar-refractivity contribution in [1.29, 1.82) is 0 Å². The molecule has 0 radical (unpaired) electrons. The summed E-state index contributed by atoms with van der Waals surface area (Å²) in [7, 11) is 0. The molecule has 0 saturated heterocycles. The summed E-state index contributed by atoms with van der Waals surface area (Å²) in [5.74, 6) is 1.19. The molecule has 2 aromatic carbocycles. The summed E-state index contributed by atoms with van der Waals surface area (Å²) in [5.41, 5.74) is 2.62. The number of benzene rings is 2. The largest absolute Gasteiger partial charge is 0.507 e. The maximum Gasteiger partial charge on any atom is 0.232 e. The minimum absolute atomic E-state index is 0.154. The van der Waals surface area contributed by atoms with Crippen LogP contribution in [0.25, 0.3) is 17.0 Å². The summed E-state index contributed by atoms with van der Waals surface area (Å²) in [6, 6.07) is 11.2. The van der Waals surface area contributed by atoms with Gasteiger partial charge in [0, 0.05) is 18.0 Å². The quantitative estimate of drug-likeness (QED) is 0.641. The van der Waals surface area contributed by atoms with Crippen molar-refractivity contribution < 1.29 is 19.1 Å². The van der Waals surface area contributed by atoms with Crippen molar-refractivity contribution in [2.75, 3.05) is 13.1 Å². The minimum atomic E-state index is -0.186. The highest BCUT2D eigenvalue weighted by molar-refractivity contribution is 6.15. The zero-order valence-corrected chi connectivity index (χ0v) is 16.3. The van der Waals surface area contributed by atoms with Crippen molar-refractivity contribution in [3.8, 4) is 11.5 Å². The molecular formula is C23H23NO4. The van der Waals surface area contributed by atoms with E-state index in [1.54, 1.807) is 12.1 Å². The Kier molecular flexibility index (Phi) is 4.69. The molecule has 0 aliphatic carbocycles. The van der Waals surface area contributed by atoms with Crippen molar-refractivity contribution in [1.82, 2.24) is 4.90 Å². The highest BCUT2D eigenvalue weighted by Crippen LogP contribution is 2.42. The van der Waals surface area contributed by atoms with Crippen LogP contribution in [0.3, 0.4) is 0 Å². The van der Waals surface area contributed by atoms with Crippen LogP contribution in [0.2, 0.25) is 0 Å². The number of hydrogen-bond donors (Lipinski definition) is 1. The van der Waals surface area contributed by atoms with Gasteiger partial charge in [0.15, 0.2) is 5.76 Å². The van der Waals surface area contributed by atoms with E-state index in [0.29, 0.717) is 34.7 Å². The molecule has 4 rings (SSSR count). The lowest BCUT2D eigenvalue weighted by molar-refractivity contribution is 0.101. The van der Waals surface area contributed by atoms with Crippen LogP contribution in [-0.2, 0) is 6.54 Å². The third kappa shape index (κ3) is 3.08. The molecule has 28 heavy (non-hydrogen) atoms. The molecule has 0 amide bonds.